The molecule has 0 amide bonds. The van der Waals surface area contributed by atoms with Gasteiger partial charge >= 0.3 is 0 Å². The molecule has 0 spiro atoms. The second-order valence-corrected chi connectivity index (χ2v) is 5.84. The molecule has 0 saturated heterocycles. The Morgan fingerprint density at radius 2 is 1.81 bits per heavy atom. The molecule has 0 radical (unpaired) electrons. The first-order valence-electron chi connectivity index (χ1n) is 6.39. The van der Waals surface area contributed by atoms with E-state index in [1.807, 2.05) is 30.3 Å². The molecule has 0 fully saturated rings. The van der Waals surface area contributed by atoms with E-state index < -0.39 is 6.10 Å². The van der Waals surface area contributed by atoms with E-state index in [2.05, 4.69) is 15.9 Å². The van der Waals surface area contributed by atoms with E-state index in [4.69, 9.17) is 21.1 Å². The number of methoxy groups -OCH3 is 2. The van der Waals surface area contributed by atoms with Crippen molar-refractivity contribution in [2.75, 3.05) is 14.2 Å². The number of aliphatic hydroxyl groups excluding tert-OH is 1. The van der Waals surface area contributed by atoms with Crippen molar-refractivity contribution in [3.63, 3.8) is 0 Å². The van der Waals surface area contributed by atoms with Crippen LogP contribution in [0.4, 0.5) is 0 Å². The minimum atomic E-state index is -0.614. The van der Waals surface area contributed by atoms with Crippen molar-refractivity contribution in [1.29, 1.82) is 0 Å². The summed E-state index contributed by atoms with van der Waals surface area (Å²) < 4.78 is 11.2. The highest BCUT2D eigenvalue weighted by atomic mass is 79.9. The van der Waals surface area contributed by atoms with Crippen LogP contribution in [-0.4, -0.2) is 19.3 Å². The number of ether oxygens (including phenoxy) is 2. The van der Waals surface area contributed by atoms with Crippen LogP contribution in [0.3, 0.4) is 0 Å². The fraction of sp³-hybridized carbons (Fsp3) is 0.250. The first kappa shape index (κ1) is 16.1. The van der Waals surface area contributed by atoms with Gasteiger partial charge < -0.3 is 14.6 Å². The molecule has 2 aromatic rings. The molecule has 2 rings (SSSR count). The lowest BCUT2D eigenvalue weighted by Crippen LogP contribution is -2.02. The lowest BCUT2D eigenvalue weighted by molar-refractivity contribution is 0.178. The van der Waals surface area contributed by atoms with Gasteiger partial charge in [-0.1, -0.05) is 23.7 Å². The molecule has 21 heavy (non-hydrogen) atoms. The summed E-state index contributed by atoms with van der Waals surface area (Å²) >= 11 is 9.32. The molecule has 1 N–H and O–H groups in total. The average molecular weight is 372 g/mol. The maximum atomic E-state index is 10.3. The summed E-state index contributed by atoms with van der Waals surface area (Å²) in [6.07, 6.45) is -0.134. The third-order valence-corrected chi connectivity index (χ3v) is 4.42. The van der Waals surface area contributed by atoms with Gasteiger partial charge in [-0.05, 0) is 51.3 Å². The SMILES string of the molecule is COc1ccc(CC(O)c2ccc(Cl)c(Br)c2)cc1OC. The van der Waals surface area contributed by atoms with E-state index in [-0.39, 0.29) is 0 Å². The van der Waals surface area contributed by atoms with E-state index in [0.29, 0.717) is 22.9 Å². The van der Waals surface area contributed by atoms with Crippen LogP contribution in [0.2, 0.25) is 5.02 Å². The van der Waals surface area contributed by atoms with Crippen LogP contribution in [-0.2, 0) is 6.42 Å². The van der Waals surface area contributed by atoms with Crippen molar-refractivity contribution in [2.24, 2.45) is 0 Å². The number of halogens is 2. The molecule has 3 nitrogen and oxygen atoms in total. The second-order valence-electron chi connectivity index (χ2n) is 4.58. The van der Waals surface area contributed by atoms with Crippen LogP contribution < -0.4 is 9.47 Å². The zero-order valence-corrected chi connectivity index (χ0v) is 14.1. The van der Waals surface area contributed by atoms with Crippen LogP contribution in [0.5, 0.6) is 11.5 Å². The van der Waals surface area contributed by atoms with Crippen LogP contribution in [0.1, 0.15) is 17.2 Å². The molecule has 0 aliphatic heterocycles. The van der Waals surface area contributed by atoms with Gasteiger partial charge in [-0.3, -0.25) is 0 Å². The van der Waals surface area contributed by atoms with Crippen molar-refractivity contribution in [1.82, 2.24) is 0 Å². The van der Waals surface area contributed by atoms with Crippen LogP contribution in [0.15, 0.2) is 40.9 Å². The topological polar surface area (TPSA) is 38.7 Å². The van der Waals surface area contributed by atoms with Crippen molar-refractivity contribution < 1.29 is 14.6 Å². The summed E-state index contributed by atoms with van der Waals surface area (Å²) in [5.41, 5.74) is 1.77. The maximum absolute atomic E-state index is 10.3. The molecule has 0 aromatic heterocycles. The van der Waals surface area contributed by atoms with Crippen LogP contribution in [0.25, 0.3) is 0 Å². The van der Waals surface area contributed by atoms with Crippen molar-refractivity contribution in [2.45, 2.75) is 12.5 Å². The fourth-order valence-corrected chi connectivity index (χ4v) is 2.58. The smallest absolute Gasteiger partial charge is 0.160 e. The molecule has 112 valence electrons. The monoisotopic (exact) mass is 370 g/mol. The van der Waals surface area contributed by atoms with Crippen molar-refractivity contribution in [3.8, 4) is 11.5 Å². The van der Waals surface area contributed by atoms with Gasteiger partial charge in [-0.15, -0.1) is 0 Å². The Kier molecular flexibility index (Phi) is 5.51. The van der Waals surface area contributed by atoms with Crippen molar-refractivity contribution in [3.05, 3.63) is 57.0 Å². The normalized spacial score (nSPS) is 12.0. The van der Waals surface area contributed by atoms with Gasteiger partial charge in [-0.2, -0.15) is 0 Å². The van der Waals surface area contributed by atoms with E-state index in [9.17, 15) is 5.11 Å². The minimum absolute atomic E-state index is 0.481. The van der Waals surface area contributed by atoms with E-state index in [0.717, 1.165) is 15.6 Å². The van der Waals surface area contributed by atoms with Gasteiger partial charge in [0, 0.05) is 10.9 Å². The second kappa shape index (κ2) is 7.16. The predicted octanol–water partition coefficient (Wildman–Crippen LogP) is 4.40. The zero-order chi connectivity index (χ0) is 15.4. The molecule has 0 aliphatic rings. The van der Waals surface area contributed by atoms with Gasteiger partial charge in [0.25, 0.3) is 0 Å². The first-order valence-corrected chi connectivity index (χ1v) is 7.56. The maximum Gasteiger partial charge on any atom is 0.160 e. The zero-order valence-electron chi connectivity index (χ0n) is 11.8. The highest BCUT2D eigenvalue weighted by Crippen LogP contribution is 2.31. The lowest BCUT2D eigenvalue weighted by atomic mass is 10.0. The van der Waals surface area contributed by atoms with Crippen LogP contribution >= 0.6 is 27.5 Å². The Balaban J connectivity index is 2.18. The summed E-state index contributed by atoms with van der Waals surface area (Å²) in [7, 11) is 3.19. The third-order valence-electron chi connectivity index (χ3n) is 3.21. The molecule has 1 atom stereocenters. The summed E-state index contributed by atoms with van der Waals surface area (Å²) in [5, 5.41) is 11.0. The Bertz CT molecular complexity index is 631. The Labute approximate surface area is 137 Å². The molecule has 5 heteroatoms. The average Bonchev–Trinajstić information content (AvgIpc) is 2.49. The summed E-state index contributed by atoms with van der Waals surface area (Å²) in [6.45, 7) is 0. The third kappa shape index (κ3) is 3.90. The number of rotatable bonds is 5. The molecule has 0 bridgehead atoms. The number of aliphatic hydroxyl groups is 1. The van der Waals surface area contributed by atoms with Crippen LogP contribution in [0, 0.1) is 0 Å². The molecular weight excluding hydrogens is 356 g/mol. The Hall–Kier alpha value is -1.23. The van der Waals surface area contributed by atoms with Gasteiger partial charge in [0.2, 0.25) is 0 Å². The highest BCUT2D eigenvalue weighted by Gasteiger charge is 2.12. The Morgan fingerprint density at radius 1 is 1.10 bits per heavy atom. The predicted molar refractivity (Wildman–Crippen MR) is 87.4 cm³/mol. The minimum Gasteiger partial charge on any atom is -0.493 e. The summed E-state index contributed by atoms with van der Waals surface area (Å²) in [5.74, 6) is 1.32. The number of benzene rings is 2. The standard InChI is InChI=1S/C16H16BrClO3/c1-20-15-6-3-10(8-16(15)21-2)7-14(19)11-4-5-13(18)12(17)9-11/h3-6,8-9,14,19H,7H2,1-2H3. The number of hydrogen-bond acceptors (Lipinski definition) is 3. The van der Waals surface area contributed by atoms with E-state index >= 15 is 0 Å². The lowest BCUT2D eigenvalue weighted by Gasteiger charge is -2.14. The molecule has 2 aromatic carbocycles. The number of hydrogen-bond donors (Lipinski definition) is 1. The van der Waals surface area contributed by atoms with Gasteiger partial charge in [0.1, 0.15) is 0 Å². The summed E-state index contributed by atoms with van der Waals surface area (Å²) in [6, 6.07) is 11.0. The molecule has 1 unspecified atom stereocenters. The van der Waals surface area contributed by atoms with Gasteiger partial charge in [0.05, 0.1) is 25.3 Å². The first-order chi connectivity index (χ1) is 10.0. The summed E-state index contributed by atoms with van der Waals surface area (Å²) in [4.78, 5) is 0. The molecule has 0 aliphatic carbocycles. The van der Waals surface area contributed by atoms with E-state index in [1.165, 1.54) is 0 Å². The van der Waals surface area contributed by atoms with Crippen molar-refractivity contribution >= 4 is 27.5 Å². The largest absolute Gasteiger partial charge is 0.493 e. The quantitative estimate of drug-likeness (QED) is 0.847. The fourth-order valence-electron chi connectivity index (χ4n) is 2.07. The molecule has 0 saturated carbocycles. The Morgan fingerprint density at radius 3 is 2.43 bits per heavy atom. The van der Waals surface area contributed by atoms with Gasteiger partial charge in [-0.25, -0.2) is 0 Å². The highest BCUT2D eigenvalue weighted by molar-refractivity contribution is 9.10. The van der Waals surface area contributed by atoms with E-state index in [1.54, 1.807) is 20.3 Å². The van der Waals surface area contributed by atoms with Gasteiger partial charge in [0.15, 0.2) is 11.5 Å². The molecular formula is C16H16BrClO3. The molecule has 0 heterocycles.